The number of carbonyl (C=O) groups is 1. The van der Waals surface area contributed by atoms with Gasteiger partial charge in [-0.05, 0) is 47.5 Å². The van der Waals surface area contributed by atoms with E-state index in [2.05, 4.69) is 5.10 Å². The van der Waals surface area contributed by atoms with Gasteiger partial charge in [-0.25, -0.2) is 9.18 Å². The molecule has 1 amide bonds. The predicted octanol–water partition coefficient (Wildman–Crippen LogP) is 4.50. The van der Waals surface area contributed by atoms with E-state index in [1.165, 1.54) is 12.1 Å². The summed E-state index contributed by atoms with van der Waals surface area (Å²) in [5.74, 6) is 0.0892. The van der Waals surface area contributed by atoms with Crippen LogP contribution >= 0.6 is 0 Å². The van der Waals surface area contributed by atoms with E-state index < -0.39 is 6.09 Å². The van der Waals surface area contributed by atoms with E-state index in [4.69, 9.17) is 10.5 Å². The van der Waals surface area contributed by atoms with E-state index in [1.807, 2.05) is 37.4 Å². The minimum Gasteiger partial charge on any atom is -0.410 e. The summed E-state index contributed by atoms with van der Waals surface area (Å²) in [6.45, 7) is 0. The Morgan fingerprint density at radius 1 is 1.00 bits per heavy atom. The van der Waals surface area contributed by atoms with Gasteiger partial charge >= 0.3 is 6.09 Å². The summed E-state index contributed by atoms with van der Waals surface area (Å²) in [7, 11) is 1.85. The van der Waals surface area contributed by atoms with Crippen molar-refractivity contribution in [3.05, 3.63) is 72.5 Å². The predicted molar refractivity (Wildman–Crippen MR) is 102 cm³/mol. The third kappa shape index (κ3) is 3.25. The van der Waals surface area contributed by atoms with Crippen LogP contribution < -0.4 is 10.5 Å². The van der Waals surface area contributed by atoms with E-state index in [1.54, 1.807) is 28.9 Å². The van der Waals surface area contributed by atoms with Crippen LogP contribution in [0.5, 0.6) is 5.75 Å². The third-order valence-electron chi connectivity index (χ3n) is 4.32. The quantitative estimate of drug-likeness (QED) is 0.584. The second-order valence-corrected chi connectivity index (χ2v) is 6.16. The zero-order valence-electron chi connectivity index (χ0n) is 14.5. The summed E-state index contributed by atoms with van der Waals surface area (Å²) in [6.07, 6.45) is -0.859. The fourth-order valence-corrected chi connectivity index (χ4v) is 3.21. The number of ether oxygens (including phenoxy) is 1. The van der Waals surface area contributed by atoms with Crippen molar-refractivity contribution in [3.63, 3.8) is 0 Å². The summed E-state index contributed by atoms with van der Waals surface area (Å²) < 4.78 is 20.3. The summed E-state index contributed by atoms with van der Waals surface area (Å²) in [5.41, 5.74) is 9.28. The number of hydrogen-bond donors (Lipinski definition) is 1. The summed E-state index contributed by atoms with van der Waals surface area (Å²) in [4.78, 5) is 11.0. The van der Waals surface area contributed by atoms with Gasteiger partial charge in [0.25, 0.3) is 0 Å². The Bertz CT molecular complexity index is 1170. The lowest BCUT2D eigenvalue weighted by atomic mass is 10.0. The highest BCUT2D eigenvalue weighted by Gasteiger charge is 2.13. The van der Waals surface area contributed by atoms with Crippen LogP contribution in [0.2, 0.25) is 0 Å². The van der Waals surface area contributed by atoms with Crippen molar-refractivity contribution in [1.29, 1.82) is 0 Å². The van der Waals surface area contributed by atoms with Crippen LogP contribution in [0.25, 0.3) is 33.3 Å². The van der Waals surface area contributed by atoms with Crippen molar-refractivity contribution in [2.24, 2.45) is 12.8 Å². The van der Waals surface area contributed by atoms with Crippen LogP contribution in [0.1, 0.15) is 0 Å². The molecule has 0 radical (unpaired) electrons. The van der Waals surface area contributed by atoms with Gasteiger partial charge < -0.3 is 10.5 Å². The minimum atomic E-state index is -0.859. The van der Waals surface area contributed by atoms with Gasteiger partial charge in [-0.3, -0.25) is 4.68 Å². The van der Waals surface area contributed by atoms with Crippen LogP contribution in [0.4, 0.5) is 9.18 Å². The lowest BCUT2D eigenvalue weighted by Gasteiger charge is -2.06. The van der Waals surface area contributed by atoms with Crippen LogP contribution in [0, 0.1) is 5.82 Å². The molecule has 0 aliphatic carbocycles. The van der Waals surface area contributed by atoms with Crippen molar-refractivity contribution >= 4 is 17.0 Å². The van der Waals surface area contributed by atoms with Crippen molar-refractivity contribution in [3.8, 4) is 28.1 Å². The Balaban J connectivity index is 1.81. The molecule has 4 rings (SSSR count). The van der Waals surface area contributed by atoms with Gasteiger partial charge in [0.2, 0.25) is 0 Å². The molecule has 0 bridgehead atoms. The number of rotatable bonds is 3. The third-order valence-corrected chi connectivity index (χ3v) is 4.32. The Morgan fingerprint density at radius 2 is 1.74 bits per heavy atom. The molecule has 0 saturated heterocycles. The molecule has 0 aliphatic heterocycles. The Kier molecular flexibility index (Phi) is 4.08. The molecule has 27 heavy (non-hydrogen) atoms. The number of nitrogens with zero attached hydrogens (tertiary/aromatic N) is 2. The van der Waals surface area contributed by atoms with Crippen LogP contribution in [-0.2, 0) is 7.05 Å². The maximum Gasteiger partial charge on any atom is 0.409 e. The molecule has 0 unspecified atom stereocenters. The summed E-state index contributed by atoms with van der Waals surface area (Å²) in [6, 6.07) is 19.4. The van der Waals surface area contributed by atoms with E-state index in [-0.39, 0.29) is 5.82 Å². The number of carbonyl (C=O) groups excluding carboxylic acids is 1. The molecule has 5 nitrogen and oxygen atoms in total. The number of halogens is 1. The molecule has 6 heteroatoms. The van der Waals surface area contributed by atoms with Crippen LogP contribution in [0.15, 0.2) is 66.7 Å². The Labute approximate surface area is 154 Å². The van der Waals surface area contributed by atoms with Gasteiger partial charge in [0.05, 0.1) is 11.2 Å². The monoisotopic (exact) mass is 361 g/mol. The molecule has 0 atom stereocenters. The lowest BCUT2D eigenvalue weighted by Crippen LogP contribution is -2.16. The molecule has 3 aromatic carbocycles. The summed E-state index contributed by atoms with van der Waals surface area (Å²) >= 11 is 0. The number of aryl methyl sites for hydroxylation is 1. The van der Waals surface area contributed by atoms with Gasteiger partial charge in [0.15, 0.2) is 0 Å². The second kappa shape index (κ2) is 6.57. The van der Waals surface area contributed by atoms with Gasteiger partial charge in [0, 0.05) is 18.0 Å². The fraction of sp³-hybridized carbons (Fsp3) is 0.0476. The van der Waals surface area contributed by atoms with E-state index in [0.717, 1.165) is 33.3 Å². The van der Waals surface area contributed by atoms with E-state index in [9.17, 15) is 9.18 Å². The number of benzene rings is 3. The fourth-order valence-electron chi connectivity index (χ4n) is 3.21. The number of aromatic nitrogens is 2. The maximum absolute atomic E-state index is 13.5. The van der Waals surface area contributed by atoms with Crippen molar-refractivity contribution in [2.75, 3.05) is 0 Å². The van der Waals surface area contributed by atoms with Crippen LogP contribution in [0.3, 0.4) is 0 Å². The molecule has 0 fully saturated rings. The Morgan fingerprint density at radius 3 is 2.52 bits per heavy atom. The van der Waals surface area contributed by atoms with E-state index >= 15 is 0 Å². The normalized spacial score (nSPS) is 10.9. The number of amides is 1. The van der Waals surface area contributed by atoms with Gasteiger partial charge in [-0.1, -0.05) is 30.3 Å². The average Bonchev–Trinajstić information content (AvgIpc) is 2.96. The Hall–Kier alpha value is -3.67. The van der Waals surface area contributed by atoms with Crippen LogP contribution in [-0.4, -0.2) is 15.9 Å². The first kappa shape index (κ1) is 16.8. The maximum atomic E-state index is 13.5. The summed E-state index contributed by atoms with van der Waals surface area (Å²) in [5, 5.41) is 5.52. The molecule has 0 saturated carbocycles. The number of primary amides is 1. The zero-order chi connectivity index (χ0) is 19.0. The highest BCUT2D eigenvalue weighted by atomic mass is 19.1. The van der Waals surface area contributed by atoms with Crippen molar-refractivity contribution in [2.45, 2.75) is 0 Å². The molecule has 1 aromatic heterocycles. The first-order valence-corrected chi connectivity index (χ1v) is 8.32. The first-order valence-electron chi connectivity index (χ1n) is 8.32. The smallest absolute Gasteiger partial charge is 0.409 e. The molecule has 4 aromatic rings. The highest BCUT2D eigenvalue weighted by Crippen LogP contribution is 2.33. The van der Waals surface area contributed by atoms with Crippen molar-refractivity contribution < 1.29 is 13.9 Å². The molecule has 1 heterocycles. The average molecular weight is 361 g/mol. The second-order valence-electron chi connectivity index (χ2n) is 6.16. The largest absolute Gasteiger partial charge is 0.410 e. The van der Waals surface area contributed by atoms with E-state index in [0.29, 0.717) is 5.75 Å². The molecule has 0 aliphatic rings. The molecule has 134 valence electrons. The van der Waals surface area contributed by atoms with Gasteiger partial charge in [0.1, 0.15) is 11.6 Å². The number of nitrogens with two attached hydrogens (primary N) is 1. The highest BCUT2D eigenvalue weighted by molar-refractivity contribution is 5.95. The molecular formula is C21H16FN3O2. The molecule has 2 N–H and O–H groups in total. The van der Waals surface area contributed by atoms with Crippen molar-refractivity contribution in [1.82, 2.24) is 9.78 Å². The molecular weight excluding hydrogens is 345 g/mol. The number of fused-ring (bicyclic) bond motifs is 1. The SMILES string of the molecule is Cn1nc2cc(-c3cccc(F)c3)ccc2c1-c1cccc(OC(N)=O)c1. The topological polar surface area (TPSA) is 70.1 Å². The van der Waals surface area contributed by atoms with Gasteiger partial charge in [-0.2, -0.15) is 5.10 Å². The minimum absolute atomic E-state index is 0.277. The van der Waals surface area contributed by atoms with Gasteiger partial charge in [-0.15, -0.1) is 0 Å². The lowest BCUT2D eigenvalue weighted by molar-refractivity contribution is 0.211. The molecule has 0 spiro atoms. The number of hydrogen-bond acceptors (Lipinski definition) is 3. The zero-order valence-corrected chi connectivity index (χ0v) is 14.5. The standard InChI is InChI=1S/C21H16FN3O2/c1-25-20(15-5-3-7-17(11-15)27-21(23)26)18-9-8-14(12-19(18)24-25)13-4-2-6-16(22)10-13/h2-12H,1H3,(H2,23,26). The first-order chi connectivity index (χ1) is 13.0.